The highest BCUT2D eigenvalue weighted by atomic mass is 16.5. The highest BCUT2D eigenvalue weighted by Crippen LogP contribution is 2.30. The molecule has 0 radical (unpaired) electrons. The minimum Gasteiger partial charge on any atom is -0.497 e. The second-order valence-electron chi connectivity index (χ2n) is 5.93. The van der Waals surface area contributed by atoms with Gasteiger partial charge in [0.05, 0.1) is 7.11 Å². The Hall–Kier alpha value is -1.26. The molecule has 1 unspecified atom stereocenters. The number of benzene rings is 1. The van der Waals surface area contributed by atoms with Crippen molar-refractivity contribution in [3.63, 3.8) is 0 Å². The van der Waals surface area contributed by atoms with Crippen molar-refractivity contribution in [1.82, 2.24) is 4.90 Å². The molecule has 0 saturated carbocycles. The van der Waals surface area contributed by atoms with Crippen molar-refractivity contribution in [1.29, 1.82) is 0 Å². The number of nitrogens with zero attached hydrogens (tertiary/aromatic N) is 2. The Labute approximate surface area is 116 Å². The minimum atomic E-state index is 0.106. The number of methoxy groups -OCH3 is 1. The number of rotatable bonds is 3. The Bertz CT molecular complexity index is 416. The molecular weight excluding hydrogens is 238 g/mol. The van der Waals surface area contributed by atoms with Crippen molar-refractivity contribution < 1.29 is 4.74 Å². The van der Waals surface area contributed by atoms with Crippen LogP contribution in [-0.4, -0.2) is 50.3 Å². The molecule has 0 aromatic heterocycles. The molecule has 4 heteroatoms. The van der Waals surface area contributed by atoms with E-state index in [0.29, 0.717) is 12.6 Å². The Morgan fingerprint density at radius 2 is 1.95 bits per heavy atom. The smallest absolute Gasteiger partial charge is 0.119 e. The van der Waals surface area contributed by atoms with Crippen LogP contribution < -0.4 is 15.4 Å². The van der Waals surface area contributed by atoms with Gasteiger partial charge in [-0.05, 0) is 45.2 Å². The van der Waals surface area contributed by atoms with Gasteiger partial charge in [-0.25, -0.2) is 0 Å². The molecule has 1 fully saturated rings. The molecule has 1 aromatic carbocycles. The SMILES string of the molecule is COc1ccc(N2CC(CN)N(C)CC2(C)C)cc1. The molecule has 1 aliphatic heterocycles. The van der Waals surface area contributed by atoms with Crippen LogP contribution in [0.2, 0.25) is 0 Å². The summed E-state index contributed by atoms with van der Waals surface area (Å²) in [6.07, 6.45) is 0. The van der Waals surface area contributed by atoms with Crippen LogP contribution >= 0.6 is 0 Å². The fourth-order valence-corrected chi connectivity index (χ4v) is 2.89. The van der Waals surface area contributed by atoms with E-state index < -0.39 is 0 Å². The topological polar surface area (TPSA) is 41.7 Å². The maximum Gasteiger partial charge on any atom is 0.119 e. The maximum absolute atomic E-state index is 5.88. The van der Waals surface area contributed by atoms with Crippen LogP contribution in [0.15, 0.2) is 24.3 Å². The number of hydrogen-bond acceptors (Lipinski definition) is 4. The highest BCUT2D eigenvalue weighted by molar-refractivity contribution is 5.52. The Morgan fingerprint density at radius 3 is 2.47 bits per heavy atom. The summed E-state index contributed by atoms with van der Waals surface area (Å²) in [5.41, 5.74) is 7.22. The Balaban J connectivity index is 2.24. The zero-order valence-corrected chi connectivity index (χ0v) is 12.4. The summed E-state index contributed by atoms with van der Waals surface area (Å²) < 4.78 is 5.22. The molecule has 0 spiro atoms. The Morgan fingerprint density at radius 1 is 1.32 bits per heavy atom. The lowest BCUT2D eigenvalue weighted by Gasteiger charge is -2.51. The second-order valence-corrected chi connectivity index (χ2v) is 5.93. The first kappa shape index (κ1) is 14.2. The molecule has 0 bridgehead atoms. The van der Waals surface area contributed by atoms with Gasteiger partial charge in [0, 0.05) is 36.9 Å². The fraction of sp³-hybridized carbons (Fsp3) is 0.600. The number of ether oxygens (including phenoxy) is 1. The quantitative estimate of drug-likeness (QED) is 0.898. The van der Waals surface area contributed by atoms with Crippen molar-refractivity contribution in [2.45, 2.75) is 25.4 Å². The standard InChI is InChI=1S/C15H25N3O/c1-15(2)11-17(3)13(9-16)10-18(15)12-5-7-14(19-4)8-6-12/h5-8,13H,9-11,16H2,1-4H3. The summed E-state index contributed by atoms with van der Waals surface area (Å²) >= 11 is 0. The lowest BCUT2D eigenvalue weighted by Crippen LogP contribution is -2.64. The van der Waals surface area contributed by atoms with Crippen LogP contribution in [0.3, 0.4) is 0 Å². The molecule has 1 aliphatic rings. The van der Waals surface area contributed by atoms with Crippen LogP contribution in [0.25, 0.3) is 0 Å². The maximum atomic E-state index is 5.88. The molecule has 1 atom stereocenters. The van der Waals surface area contributed by atoms with Gasteiger partial charge >= 0.3 is 0 Å². The van der Waals surface area contributed by atoms with Gasteiger partial charge in [0.2, 0.25) is 0 Å². The van der Waals surface area contributed by atoms with Crippen molar-refractivity contribution in [3.05, 3.63) is 24.3 Å². The van der Waals surface area contributed by atoms with Gasteiger partial charge in [0.1, 0.15) is 5.75 Å². The third kappa shape index (κ3) is 2.85. The molecule has 0 amide bonds. The van der Waals surface area contributed by atoms with Crippen molar-refractivity contribution >= 4 is 5.69 Å². The van der Waals surface area contributed by atoms with E-state index in [0.717, 1.165) is 18.8 Å². The van der Waals surface area contributed by atoms with E-state index >= 15 is 0 Å². The number of piperazine rings is 1. The molecule has 2 rings (SSSR count). The molecule has 1 aromatic rings. The first-order valence-corrected chi connectivity index (χ1v) is 6.80. The normalized spacial score (nSPS) is 23.4. The summed E-state index contributed by atoms with van der Waals surface area (Å²) in [6, 6.07) is 8.69. The third-order valence-electron chi connectivity index (χ3n) is 4.04. The van der Waals surface area contributed by atoms with Gasteiger partial charge in [-0.15, -0.1) is 0 Å². The van der Waals surface area contributed by atoms with Gasteiger partial charge in [-0.1, -0.05) is 0 Å². The second kappa shape index (κ2) is 5.39. The molecule has 2 N–H and O–H groups in total. The van der Waals surface area contributed by atoms with E-state index in [2.05, 4.69) is 42.8 Å². The van der Waals surface area contributed by atoms with Gasteiger partial charge in [-0.3, -0.25) is 4.90 Å². The summed E-state index contributed by atoms with van der Waals surface area (Å²) in [5.74, 6) is 0.894. The van der Waals surface area contributed by atoms with E-state index in [-0.39, 0.29) is 5.54 Å². The zero-order valence-electron chi connectivity index (χ0n) is 12.4. The van der Waals surface area contributed by atoms with E-state index in [9.17, 15) is 0 Å². The lowest BCUT2D eigenvalue weighted by atomic mass is 9.95. The number of anilines is 1. The van der Waals surface area contributed by atoms with Crippen LogP contribution in [-0.2, 0) is 0 Å². The van der Waals surface area contributed by atoms with Crippen LogP contribution in [0, 0.1) is 0 Å². The van der Waals surface area contributed by atoms with Crippen LogP contribution in [0.5, 0.6) is 5.75 Å². The van der Waals surface area contributed by atoms with Gasteiger partial charge in [0.25, 0.3) is 0 Å². The number of nitrogens with two attached hydrogens (primary N) is 1. The van der Waals surface area contributed by atoms with Crippen molar-refractivity contribution in [3.8, 4) is 5.75 Å². The van der Waals surface area contributed by atoms with Gasteiger partial charge < -0.3 is 15.4 Å². The first-order chi connectivity index (χ1) is 8.97. The zero-order chi connectivity index (χ0) is 14.0. The van der Waals surface area contributed by atoms with Crippen molar-refractivity contribution in [2.24, 2.45) is 5.73 Å². The molecule has 106 valence electrons. The summed E-state index contributed by atoms with van der Waals surface area (Å²) in [4.78, 5) is 4.81. The van der Waals surface area contributed by atoms with E-state index in [1.54, 1.807) is 7.11 Å². The first-order valence-electron chi connectivity index (χ1n) is 6.80. The van der Waals surface area contributed by atoms with Gasteiger partial charge in [0.15, 0.2) is 0 Å². The van der Waals surface area contributed by atoms with Crippen molar-refractivity contribution in [2.75, 3.05) is 38.7 Å². The number of hydrogen-bond donors (Lipinski definition) is 1. The average Bonchev–Trinajstić information content (AvgIpc) is 2.38. The summed E-state index contributed by atoms with van der Waals surface area (Å²) in [6.45, 7) is 7.23. The molecule has 0 aliphatic carbocycles. The predicted octanol–water partition coefficient (Wildman–Crippen LogP) is 1.55. The largest absolute Gasteiger partial charge is 0.497 e. The van der Waals surface area contributed by atoms with E-state index in [1.165, 1.54) is 5.69 Å². The predicted molar refractivity (Wildman–Crippen MR) is 79.9 cm³/mol. The molecule has 4 nitrogen and oxygen atoms in total. The van der Waals surface area contributed by atoms with Gasteiger partial charge in [-0.2, -0.15) is 0 Å². The third-order valence-corrected chi connectivity index (χ3v) is 4.04. The van der Waals surface area contributed by atoms with Crippen LogP contribution in [0.1, 0.15) is 13.8 Å². The summed E-state index contributed by atoms with van der Waals surface area (Å²) in [7, 11) is 3.85. The number of likely N-dealkylation sites (N-methyl/N-ethyl adjacent to an activating group) is 1. The molecule has 1 saturated heterocycles. The van der Waals surface area contributed by atoms with Crippen LogP contribution in [0.4, 0.5) is 5.69 Å². The lowest BCUT2D eigenvalue weighted by molar-refractivity contribution is 0.155. The van der Waals surface area contributed by atoms with E-state index in [4.69, 9.17) is 10.5 Å². The molecule has 1 heterocycles. The molecule has 19 heavy (non-hydrogen) atoms. The fourth-order valence-electron chi connectivity index (χ4n) is 2.89. The highest BCUT2D eigenvalue weighted by Gasteiger charge is 2.36. The molecular formula is C15H25N3O. The monoisotopic (exact) mass is 263 g/mol. The summed E-state index contributed by atoms with van der Waals surface area (Å²) in [5, 5.41) is 0. The Kier molecular flexibility index (Phi) is 4.02. The minimum absolute atomic E-state index is 0.106. The van der Waals surface area contributed by atoms with E-state index in [1.807, 2.05) is 12.1 Å². The average molecular weight is 263 g/mol.